The monoisotopic (exact) mass is 314 g/mol. The molecule has 0 unspecified atom stereocenters. The first-order valence-corrected chi connectivity index (χ1v) is 8.19. The molecule has 0 aromatic heterocycles. The Morgan fingerprint density at radius 1 is 1.00 bits per heavy atom. The van der Waals surface area contributed by atoms with Gasteiger partial charge in [-0.25, -0.2) is 0 Å². The van der Waals surface area contributed by atoms with Crippen LogP contribution in [0.15, 0.2) is 54.6 Å². The van der Waals surface area contributed by atoms with E-state index in [0.29, 0.717) is 6.61 Å². The van der Waals surface area contributed by atoms with Gasteiger partial charge in [0, 0.05) is 12.2 Å². The van der Waals surface area contributed by atoms with Crippen molar-refractivity contribution in [2.24, 2.45) is 0 Å². The summed E-state index contributed by atoms with van der Waals surface area (Å²) in [6.07, 6.45) is 0.996. The van der Waals surface area contributed by atoms with E-state index >= 15 is 0 Å². The van der Waals surface area contributed by atoms with Crippen LogP contribution in [0.2, 0.25) is 0 Å². The highest BCUT2D eigenvalue weighted by Crippen LogP contribution is 2.25. The van der Waals surface area contributed by atoms with E-state index in [1.165, 1.54) is 16.7 Å². The summed E-state index contributed by atoms with van der Waals surface area (Å²) in [5.74, 6) is 0. The predicted molar refractivity (Wildman–Crippen MR) is 95.8 cm³/mol. The first kappa shape index (κ1) is 14.7. The number of nitrogens with one attached hydrogen (secondary N) is 1. The van der Waals surface area contributed by atoms with Crippen LogP contribution in [-0.2, 0) is 24.3 Å². The minimum Gasteiger partial charge on any atom is -0.381 e. The second kappa shape index (κ2) is 6.35. The Labute approximate surface area is 141 Å². The molecule has 3 aromatic rings. The summed E-state index contributed by atoms with van der Waals surface area (Å²) in [4.78, 5) is 0. The highest BCUT2D eigenvalue weighted by Gasteiger charge is 2.10. The molecule has 1 N–H and O–H groups in total. The Morgan fingerprint density at radius 2 is 1.88 bits per heavy atom. The molecular weight excluding hydrogens is 296 g/mol. The summed E-state index contributed by atoms with van der Waals surface area (Å²) < 4.78 is 5.54. The van der Waals surface area contributed by atoms with E-state index in [9.17, 15) is 5.26 Å². The Kier molecular flexibility index (Phi) is 3.90. The van der Waals surface area contributed by atoms with Crippen molar-refractivity contribution in [1.82, 2.24) is 0 Å². The number of nitriles is 1. The SMILES string of the molecule is N#Cc1ccc(CNc2ccc3c(c2)COCC3)c2ccccc12. The van der Waals surface area contributed by atoms with Gasteiger partial charge in [-0.15, -0.1) is 0 Å². The van der Waals surface area contributed by atoms with Crippen molar-refractivity contribution in [3.05, 3.63) is 76.9 Å². The highest BCUT2D eigenvalue weighted by molar-refractivity contribution is 5.90. The van der Waals surface area contributed by atoms with E-state index in [1.807, 2.05) is 30.3 Å². The fraction of sp³-hybridized carbons (Fsp3) is 0.190. The maximum Gasteiger partial charge on any atom is 0.0998 e. The predicted octanol–water partition coefficient (Wildman–Crippen LogP) is 4.40. The molecule has 1 aliphatic rings. The van der Waals surface area contributed by atoms with Crippen LogP contribution in [0.4, 0.5) is 5.69 Å². The molecule has 118 valence electrons. The molecule has 0 spiro atoms. The zero-order chi connectivity index (χ0) is 16.4. The molecule has 0 amide bonds. The molecule has 0 radical (unpaired) electrons. The number of hydrogen-bond acceptors (Lipinski definition) is 3. The zero-order valence-corrected chi connectivity index (χ0v) is 13.4. The fourth-order valence-corrected chi connectivity index (χ4v) is 3.29. The van der Waals surface area contributed by atoms with Crippen molar-refractivity contribution < 1.29 is 4.74 Å². The Hall–Kier alpha value is -2.83. The third-order valence-corrected chi connectivity index (χ3v) is 4.60. The van der Waals surface area contributed by atoms with Crippen molar-refractivity contribution in [3.63, 3.8) is 0 Å². The second-order valence-electron chi connectivity index (χ2n) is 6.07. The van der Waals surface area contributed by atoms with Crippen LogP contribution >= 0.6 is 0 Å². The smallest absolute Gasteiger partial charge is 0.0998 e. The number of anilines is 1. The van der Waals surface area contributed by atoms with Crippen LogP contribution in [0.3, 0.4) is 0 Å². The van der Waals surface area contributed by atoms with E-state index in [0.717, 1.165) is 41.6 Å². The Bertz CT molecular complexity index is 940. The molecule has 0 saturated carbocycles. The third-order valence-electron chi connectivity index (χ3n) is 4.60. The lowest BCUT2D eigenvalue weighted by Crippen LogP contribution is -2.10. The Morgan fingerprint density at radius 3 is 2.75 bits per heavy atom. The normalized spacial score (nSPS) is 13.3. The molecule has 3 heteroatoms. The molecule has 24 heavy (non-hydrogen) atoms. The van der Waals surface area contributed by atoms with E-state index < -0.39 is 0 Å². The lowest BCUT2D eigenvalue weighted by Gasteiger charge is -2.18. The molecule has 0 bridgehead atoms. The maximum absolute atomic E-state index is 9.27. The summed E-state index contributed by atoms with van der Waals surface area (Å²) in [5, 5.41) is 14.9. The van der Waals surface area contributed by atoms with Crippen LogP contribution in [0.1, 0.15) is 22.3 Å². The molecule has 0 aliphatic carbocycles. The van der Waals surface area contributed by atoms with Gasteiger partial charge in [-0.05, 0) is 52.1 Å². The summed E-state index contributed by atoms with van der Waals surface area (Å²) >= 11 is 0. The average molecular weight is 314 g/mol. The molecule has 4 rings (SSSR count). The number of nitrogens with zero attached hydrogens (tertiary/aromatic N) is 1. The summed E-state index contributed by atoms with van der Waals surface area (Å²) in [6.45, 7) is 2.24. The van der Waals surface area contributed by atoms with E-state index in [-0.39, 0.29) is 0 Å². The number of ether oxygens (including phenoxy) is 1. The van der Waals surface area contributed by atoms with Crippen LogP contribution in [0.25, 0.3) is 10.8 Å². The van der Waals surface area contributed by atoms with E-state index in [4.69, 9.17) is 4.74 Å². The van der Waals surface area contributed by atoms with Crippen molar-refractivity contribution in [1.29, 1.82) is 5.26 Å². The van der Waals surface area contributed by atoms with Gasteiger partial charge in [0.05, 0.1) is 24.8 Å². The topological polar surface area (TPSA) is 45.0 Å². The van der Waals surface area contributed by atoms with Crippen LogP contribution in [0.5, 0.6) is 0 Å². The van der Waals surface area contributed by atoms with Crippen LogP contribution in [-0.4, -0.2) is 6.61 Å². The maximum atomic E-state index is 9.27. The lowest BCUT2D eigenvalue weighted by molar-refractivity contribution is 0.111. The van der Waals surface area contributed by atoms with Gasteiger partial charge in [0.1, 0.15) is 0 Å². The minimum absolute atomic E-state index is 0.699. The molecular formula is C21H18N2O. The van der Waals surface area contributed by atoms with Gasteiger partial charge >= 0.3 is 0 Å². The third kappa shape index (κ3) is 2.73. The van der Waals surface area contributed by atoms with Gasteiger partial charge in [-0.2, -0.15) is 5.26 Å². The zero-order valence-electron chi connectivity index (χ0n) is 13.4. The molecule has 1 aliphatic heterocycles. The van der Waals surface area contributed by atoms with Gasteiger partial charge in [0.15, 0.2) is 0 Å². The van der Waals surface area contributed by atoms with Gasteiger partial charge in [-0.1, -0.05) is 36.4 Å². The van der Waals surface area contributed by atoms with E-state index in [2.05, 4.69) is 35.7 Å². The average Bonchev–Trinajstić information content (AvgIpc) is 2.66. The van der Waals surface area contributed by atoms with Gasteiger partial charge in [0.25, 0.3) is 0 Å². The van der Waals surface area contributed by atoms with Gasteiger partial charge in [0.2, 0.25) is 0 Å². The highest BCUT2D eigenvalue weighted by atomic mass is 16.5. The number of benzene rings is 3. The standard InChI is InChI=1S/C21H18N2O/c22-12-16-5-6-17(21-4-2-1-3-20(16)21)13-23-19-8-7-15-9-10-24-14-18(15)11-19/h1-8,11,23H,9-10,13-14H2. The first-order chi connectivity index (χ1) is 11.8. The molecule has 3 aromatic carbocycles. The van der Waals surface area contributed by atoms with E-state index in [1.54, 1.807) is 0 Å². The number of hydrogen-bond donors (Lipinski definition) is 1. The van der Waals surface area contributed by atoms with Crippen LogP contribution in [0, 0.1) is 11.3 Å². The summed E-state index contributed by atoms with van der Waals surface area (Å²) in [7, 11) is 0. The first-order valence-electron chi connectivity index (χ1n) is 8.19. The molecule has 0 saturated heterocycles. The molecule has 0 atom stereocenters. The number of rotatable bonds is 3. The fourth-order valence-electron chi connectivity index (χ4n) is 3.29. The number of fused-ring (bicyclic) bond motifs is 2. The quantitative estimate of drug-likeness (QED) is 0.779. The van der Waals surface area contributed by atoms with Crippen molar-refractivity contribution in [2.75, 3.05) is 11.9 Å². The van der Waals surface area contributed by atoms with Crippen LogP contribution < -0.4 is 5.32 Å². The second-order valence-corrected chi connectivity index (χ2v) is 6.07. The summed E-state index contributed by atoms with van der Waals surface area (Å²) in [5.41, 5.74) is 5.68. The summed E-state index contributed by atoms with van der Waals surface area (Å²) in [6, 6.07) is 20.8. The molecule has 1 heterocycles. The largest absolute Gasteiger partial charge is 0.381 e. The Balaban J connectivity index is 1.60. The van der Waals surface area contributed by atoms with Crippen molar-refractivity contribution in [3.8, 4) is 6.07 Å². The molecule has 3 nitrogen and oxygen atoms in total. The van der Waals surface area contributed by atoms with Crippen molar-refractivity contribution in [2.45, 2.75) is 19.6 Å². The van der Waals surface area contributed by atoms with Gasteiger partial charge < -0.3 is 10.1 Å². The minimum atomic E-state index is 0.699. The molecule has 0 fully saturated rings. The van der Waals surface area contributed by atoms with Crippen molar-refractivity contribution >= 4 is 16.5 Å². The lowest BCUT2D eigenvalue weighted by atomic mass is 9.99. The van der Waals surface area contributed by atoms with Gasteiger partial charge in [-0.3, -0.25) is 0 Å².